The summed E-state index contributed by atoms with van der Waals surface area (Å²) >= 11 is 0. The Labute approximate surface area is 153 Å². The smallest absolute Gasteiger partial charge is 0.269 e. The number of piperidine rings is 1. The van der Waals surface area contributed by atoms with E-state index in [0.717, 1.165) is 31.5 Å². The second-order valence-corrected chi connectivity index (χ2v) is 8.05. The monoisotopic (exact) mass is 384 g/mol. The Balaban J connectivity index is 1.81. The average Bonchev–Trinajstić information content (AvgIpc) is 2.62. The number of likely N-dealkylation sites (tertiary alicyclic amines) is 1. The number of sulfonamides is 1. The number of nitro groups is 1. The van der Waals surface area contributed by atoms with Crippen molar-refractivity contribution in [3.63, 3.8) is 0 Å². The van der Waals surface area contributed by atoms with E-state index in [1.54, 1.807) is 4.90 Å². The Kier molecular flexibility index (Phi) is 7.06. The van der Waals surface area contributed by atoms with Gasteiger partial charge in [0, 0.05) is 38.2 Å². The van der Waals surface area contributed by atoms with Crippen LogP contribution in [0.3, 0.4) is 0 Å². The number of nitro benzene ring substituents is 1. The van der Waals surface area contributed by atoms with Crippen LogP contribution in [0.4, 0.5) is 5.69 Å². The van der Waals surface area contributed by atoms with Crippen molar-refractivity contribution in [3.05, 3.63) is 34.4 Å². The third-order valence-electron chi connectivity index (χ3n) is 4.45. The van der Waals surface area contributed by atoms with E-state index >= 15 is 0 Å². The van der Waals surface area contributed by atoms with Gasteiger partial charge in [-0.3, -0.25) is 14.9 Å². The van der Waals surface area contributed by atoms with Crippen LogP contribution in [0.2, 0.25) is 0 Å². The van der Waals surface area contributed by atoms with Crippen LogP contribution in [0.5, 0.6) is 0 Å². The van der Waals surface area contributed by atoms with E-state index in [4.69, 9.17) is 0 Å². The predicted molar refractivity (Wildman–Crippen MR) is 96.1 cm³/mol. The molecule has 0 aliphatic carbocycles. The van der Waals surface area contributed by atoms with Gasteiger partial charge in [0.15, 0.2) is 0 Å². The molecule has 0 spiro atoms. The highest BCUT2D eigenvalue weighted by Crippen LogP contribution is 2.17. The highest BCUT2D eigenvalue weighted by atomic mass is 32.2. The molecule has 1 aromatic carbocycles. The largest absolute Gasteiger partial charge is 0.343 e. The number of hydrogen-bond acceptors (Lipinski definition) is 6. The summed E-state index contributed by atoms with van der Waals surface area (Å²) in [6.07, 6.45) is 1.98. The summed E-state index contributed by atoms with van der Waals surface area (Å²) < 4.78 is 26.7. The SMILES string of the molecule is CNCC1CCN(C(=O)CCNS(=O)(=O)c2ccc([N+](=O)[O-])cc2)CC1. The molecule has 0 unspecified atom stereocenters. The molecule has 0 aromatic heterocycles. The summed E-state index contributed by atoms with van der Waals surface area (Å²) in [6.45, 7) is 2.33. The number of nitrogens with one attached hydrogen (secondary N) is 2. The number of carbonyl (C=O) groups excluding carboxylic acids is 1. The zero-order chi connectivity index (χ0) is 19.2. The van der Waals surface area contributed by atoms with Gasteiger partial charge in [0.05, 0.1) is 9.82 Å². The number of amides is 1. The quantitative estimate of drug-likeness (QED) is 0.503. The summed E-state index contributed by atoms with van der Waals surface area (Å²) in [5, 5.41) is 13.8. The first-order chi connectivity index (χ1) is 12.3. The minimum absolute atomic E-state index is 0.00536. The number of hydrogen-bond donors (Lipinski definition) is 2. The van der Waals surface area contributed by atoms with E-state index in [1.165, 1.54) is 12.1 Å². The van der Waals surface area contributed by atoms with Crippen molar-refractivity contribution in [2.75, 3.05) is 33.2 Å². The van der Waals surface area contributed by atoms with Crippen LogP contribution in [-0.2, 0) is 14.8 Å². The lowest BCUT2D eigenvalue weighted by atomic mass is 9.96. The van der Waals surface area contributed by atoms with E-state index in [0.29, 0.717) is 19.0 Å². The Morgan fingerprint density at radius 2 is 1.88 bits per heavy atom. The van der Waals surface area contributed by atoms with Crippen molar-refractivity contribution in [1.29, 1.82) is 0 Å². The molecule has 1 aromatic rings. The van der Waals surface area contributed by atoms with Crippen LogP contribution in [0.1, 0.15) is 19.3 Å². The predicted octanol–water partition coefficient (Wildman–Crippen LogP) is 0.721. The molecular weight excluding hydrogens is 360 g/mol. The molecule has 0 bridgehead atoms. The molecule has 0 atom stereocenters. The van der Waals surface area contributed by atoms with E-state index in [2.05, 4.69) is 10.0 Å². The van der Waals surface area contributed by atoms with Crippen LogP contribution in [0.15, 0.2) is 29.2 Å². The van der Waals surface area contributed by atoms with Gasteiger partial charge in [0.2, 0.25) is 15.9 Å². The normalized spacial score (nSPS) is 15.8. The third-order valence-corrected chi connectivity index (χ3v) is 5.93. The molecule has 144 valence electrons. The Morgan fingerprint density at radius 1 is 1.27 bits per heavy atom. The second kappa shape index (κ2) is 9.06. The van der Waals surface area contributed by atoms with Crippen LogP contribution in [0.25, 0.3) is 0 Å². The Bertz CT molecular complexity index is 728. The van der Waals surface area contributed by atoms with Crippen LogP contribution in [0, 0.1) is 16.0 Å². The standard InChI is InChI=1S/C16H24N4O5S/c1-17-12-13-7-10-19(11-8-13)16(21)6-9-18-26(24,25)15-4-2-14(3-5-15)20(22)23/h2-5,13,17-18H,6-12H2,1H3. The minimum Gasteiger partial charge on any atom is -0.343 e. The first-order valence-electron chi connectivity index (χ1n) is 8.50. The van der Waals surface area contributed by atoms with Crippen molar-refractivity contribution < 1.29 is 18.1 Å². The van der Waals surface area contributed by atoms with Gasteiger partial charge in [-0.2, -0.15) is 0 Å². The molecule has 0 radical (unpaired) electrons. The Hall–Kier alpha value is -2.04. The zero-order valence-electron chi connectivity index (χ0n) is 14.7. The highest BCUT2D eigenvalue weighted by molar-refractivity contribution is 7.89. The van der Waals surface area contributed by atoms with Crippen molar-refractivity contribution in [2.24, 2.45) is 5.92 Å². The summed E-state index contributed by atoms with van der Waals surface area (Å²) in [5.74, 6) is 0.504. The Morgan fingerprint density at radius 3 is 2.42 bits per heavy atom. The fraction of sp³-hybridized carbons (Fsp3) is 0.562. The lowest BCUT2D eigenvalue weighted by Gasteiger charge is -2.32. The molecule has 0 saturated carbocycles. The summed E-state index contributed by atoms with van der Waals surface area (Å²) in [4.78, 5) is 23.9. The van der Waals surface area contributed by atoms with Gasteiger partial charge < -0.3 is 10.2 Å². The molecule has 9 nitrogen and oxygen atoms in total. The first kappa shape index (κ1) is 20.3. The molecule has 2 rings (SSSR count). The van der Waals surface area contributed by atoms with E-state index in [1.807, 2.05) is 7.05 Å². The minimum atomic E-state index is -3.80. The average molecular weight is 384 g/mol. The molecule has 26 heavy (non-hydrogen) atoms. The lowest BCUT2D eigenvalue weighted by molar-refractivity contribution is -0.384. The van der Waals surface area contributed by atoms with Crippen LogP contribution < -0.4 is 10.0 Å². The van der Waals surface area contributed by atoms with Gasteiger partial charge in [-0.1, -0.05) is 0 Å². The van der Waals surface area contributed by atoms with Gasteiger partial charge in [0.1, 0.15) is 0 Å². The summed E-state index contributed by atoms with van der Waals surface area (Å²) in [7, 11) is -1.89. The van der Waals surface area contributed by atoms with Gasteiger partial charge in [-0.05, 0) is 44.5 Å². The maximum Gasteiger partial charge on any atom is 0.269 e. The van der Waals surface area contributed by atoms with Crippen molar-refractivity contribution in [2.45, 2.75) is 24.2 Å². The van der Waals surface area contributed by atoms with Crippen LogP contribution in [-0.4, -0.2) is 57.4 Å². The molecular formula is C16H24N4O5S. The molecule has 1 saturated heterocycles. The fourth-order valence-electron chi connectivity index (χ4n) is 2.96. The second-order valence-electron chi connectivity index (χ2n) is 6.28. The molecule has 1 fully saturated rings. The van der Waals surface area contributed by atoms with Crippen molar-refractivity contribution in [3.8, 4) is 0 Å². The van der Waals surface area contributed by atoms with Gasteiger partial charge in [-0.25, -0.2) is 13.1 Å². The lowest BCUT2D eigenvalue weighted by Crippen LogP contribution is -2.41. The fourth-order valence-corrected chi connectivity index (χ4v) is 3.99. The number of carbonyl (C=O) groups is 1. The van der Waals surface area contributed by atoms with Gasteiger partial charge >= 0.3 is 0 Å². The molecule has 2 N–H and O–H groups in total. The number of benzene rings is 1. The van der Waals surface area contributed by atoms with Gasteiger partial charge in [-0.15, -0.1) is 0 Å². The third kappa shape index (κ3) is 5.48. The number of rotatable bonds is 8. The zero-order valence-corrected chi connectivity index (χ0v) is 15.5. The molecule has 1 heterocycles. The molecule has 1 aliphatic heterocycles. The molecule has 1 amide bonds. The number of non-ortho nitro benzene ring substituents is 1. The topological polar surface area (TPSA) is 122 Å². The van der Waals surface area contributed by atoms with Crippen molar-refractivity contribution in [1.82, 2.24) is 14.9 Å². The molecule has 1 aliphatic rings. The van der Waals surface area contributed by atoms with E-state index in [-0.39, 0.29) is 29.5 Å². The van der Waals surface area contributed by atoms with Crippen molar-refractivity contribution >= 4 is 21.6 Å². The number of nitrogens with zero attached hydrogens (tertiary/aromatic N) is 2. The van der Waals surface area contributed by atoms with Crippen LogP contribution >= 0.6 is 0 Å². The maximum atomic E-state index is 12.2. The van der Waals surface area contributed by atoms with Gasteiger partial charge in [0.25, 0.3) is 5.69 Å². The van der Waals surface area contributed by atoms with E-state index in [9.17, 15) is 23.3 Å². The summed E-state index contributed by atoms with van der Waals surface area (Å²) in [6, 6.07) is 4.62. The highest BCUT2D eigenvalue weighted by Gasteiger charge is 2.23. The van der Waals surface area contributed by atoms with E-state index < -0.39 is 14.9 Å². The first-order valence-corrected chi connectivity index (χ1v) is 9.98. The maximum absolute atomic E-state index is 12.2. The summed E-state index contributed by atoms with van der Waals surface area (Å²) in [5.41, 5.74) is -0.180. The molecule has 10 heteroatoms.